The highest BCUT2D eigenvalue weighted by Gasteiger charge is 1.52. The number of rotatable bonds is 1. The fourth-order valence-electron chi connectivity index (χ4n) is 0.136. The molecule has 0 saturated carbocycles. The summed E-state index contributed by atoms with van der Waals surface area (Å²) in [4.78, 5) is 0. The van der Waals surface area contributed by atoms with Gasteiger partial charge in [0.05, 0.1) is 0 Å². The Labute approximate surface area is 35.3 Å². The molecule has 5 heavy (non-hydrogen) atoms. The molecule has 0 aromatic heterocycles. The van der Waals surface area contributed by atoms with Crippen molar-refractivity contribution in [1.29, 1.82) is 0 Å². The molecule has 0 aliphatic carbocycles. The van der Waals surface area contributed by atoms with Gasteiger partial charge in [0.15, 0.2) is 0 Å². The standard InChI is InChI=1S/C3H9NSi/c4-2-1-3-5/h1-2H,3-4H2,5H3. The van der Waals surface area contributed by atoms with Gasteiger partial charge in [0.25, 0.3) is 0 Å². The van der Waals surface area contributed by atoms with E-state index < -0.39 is 0 Å². The highest BCUT2D eigenvalue weighted by atomic mass is 28.1. The maximum Gasteiger partial charge on any atom is 0.00763 e. The van der Waals surface area contributed by atoms with Crippen molar-refractivity contribution >= 4 is 10.2 Å². The summed E-state index contributed by atoms with van der Waals surface area (Å²) in [5, 5.41) is 0. The van der Waals surface area contributed by atoms with Crippen molar-refractivity contribution in [3.8, 4) is 0 Å². The van der Waals surface area contributed by atoms with Crippen molar-refractivity contribution in [2.24, 2.45) is 5.73 Å². The van der Waals surface area contributed by atoms with E-state index in [2.05, 4.69) is 0 Å². The zero-order valence-corrected chi connectivity index (χ0v) is 5.44. The Hall–Kier alpha value is -0.243. The molecule has 0 saturated heterocycles. The summed E-state index contributed by atoms with van der Waals surface area (Å²) >= 11 is 0. The van der Waals surface area contributed by atoms with Crippen LogP contribution in [0, 0.1) is 0 Å². The molecule has 30 valence electrons. The maximum atomic E-state index is 4.98. The largest absolute Gasteiger partial charge is 0.405 e. The van der Waals surface area contributed by atoms with Gasteiger partial charge in [-0.15, -0.1) is 0 Å². The highest BCUT2D eigenvalue weighted by molar-refractivity contribution is 6.09. The first-order valence-corrected chi connectivity index (χ1v) is 3.20. The van der Waals surface area contributed by atoms with Crippen molar-refractivity contribution in [3.05, 3.63) is 12.3 Å². The molecule has 2 N–H and O–H groups in total. The normalized spacial score (nSPS) is 10.4. The first kappa shape index (κ1) is 4.76. The van der Waals surface area contributed by atoms with Crippen LogP contribution in [-0.2, 0) is 0 Å². The molecule has 0 aromatic carbocycles. The molecule has 0 rings (SSSR count). The minimum absolute atomic E-state index is 1.18. The summed E-state index contributed by atoms with van der Waals surface area (Å²) < 4.78 is 0. The summed E-state index contributed by atoms with van der Waals surface area (Å²) in [7, 11) is 1.23. The van der Waals surface area contributed by atoms with E-state index in [0.717, 1.165) is 0 Å². The maximum absolute atomic E-state index is 4.98. The van der Waals surface area contributed by atoms with Crippen LogP contribution in [-0.4, -0.2) is 10.2 Å². The van der Waals surface area contributed by atoms with Crippen LogP contribution < -0.4 is 5.73 Å². The SMILES string of the molecule is NC=CC[SiH3]. The molecule has 0 radical (unpaired) electrons. The van der Waals surface area contributed by atoms with Crippen LogP contribution >= 0.6 is 0 Å². The van der Waals surface area contributed by atoms with Crippen LogP contribution in [0.25, 0.3) is 0 Å². The van der Waals surface area contributed by atoms with Gasteiger partial charge in [0.2, 0.25) is 0 Å². The van der Waals surface area contributed by atoms with Gasteiger partial charge in [-0.1, -0.05) is 6.08 Å². The van der Waals surface area contributed by atoms with E-state index in [0.29, 0.717) is 0 Å². The lowest BCUT2D eigenvalue weighted by Crippen LogP contribution is -1.73. The Bertz CT molecular complexity index is 33.9. The van der Waals surface area contributed by atoms with E-state index in [1.54, 1.807) is 6.20 Å². The summed E-state index contributed by atoms with van der Waals surface area (Å²) in [6.07, 6.45) is 3.55. The average Bonchev–Trinajstić information content (AvgIpc) is 1.41. The monoisotopic (exact) mass is 87.1 g/mol. The molecule has 2 heteroatoms. The predicted octanol–water partition coefficient (Wildman–Crippen LogP) is -0.757. The minimum Gasteiger partial charge on any atom is -0.405 e. The summed E-state index contributed by atoms with van der Waals surface area (Å²) in [5.41, 5.74) is 4.98. The molecule has 0 aromatic rings. The van der Waals surface area contributed by atoms with Gasteiger partial charge >= 0.3 is 0 Å². The lowest BCUT2D eigenvalue weighted by molar-refractivity contribution is 1.55. The van der Waals surface area contributed by atoms with Crippen molar-refractivity contribution < 1.29 is 0 Å². The highest BCUT2D eigenvalue weighted by Crippen LogP contribution is 1.66. The molecule has 0 atom stereocenters. The Kier molecular flexibility index (Phi) is 3.57. The lowest BCUT2D eigenvalue weighted by atomic mass is 10.7. The molecule has 0 fully saturated rings. The minimum atomic E-state index is 1.18. The molecular weight excluding hydrogens is 78.1 g/mol. The van der Waals surface area contributed by atoms with Crippen LogP contribution in [0.3, 0.4) is 0 Å². The zero-order chi connectivity index (χ0) is 4.12. The second-order valence-corrected chi connectivity index (χ2v) is 1.65. The Morgan fingerprint density at radius 2 is 2.40 bits per heavy atom. The zero-order valence-electron chi connectivity index (χ0n) is 3.44. The van der Waals surface area contributed by atoms with Crippen molar-refractivity contribution in [2.45, 2.75) is 6.04 Å². The van der Waals surface area contributed by atoms with Crippen LogP contribution in [0.15, 0.2) is 12.3 Å². The van der Waals surface area contributed by atoms with Crippen LogP contribution in [0.5, 0.6) is 0 Å². The summed E-state index contributed by atoms with van der Waals surface area (Å²) in [5.74, 6) is 0. The molecular formula is C3H9NSi. The van der Waals surface area contributed by atoms with Crippen LogP contribution in [0.4, 0.5) is 0 Å². The smallest absolute Gasteiger partial charge is 0.00763 e. The third kappa shape index (κ3) is 3.76. The number of hydrogen-bond donors (Lipinski definition) is 1. The van der Waals surface area contributed by atoms with E-state index in [1.807, 2.05) is 6.08 Å². The second-order valence-electron chi connectivity index (χ2n) is 0.836. The van der Waals surface area contributed by atoms with Gasteiger partial charge < -0.3 is 5.73 Å². The number of hydrogen-bond acceptors (Lipinski definition) is 1. The van der Waals surface area contributed by atoms with E-state index >= 15 is 0 Å². The van der Waals surface area contributed by atoms with Gasteiger partial charge in [-0.05, 0) is 12.2 Å². The third-order valence-corrected chi connectivity index (χ3v) is 0.843. The molecule has 0 amide bonds. The predicted molar refractivity (Wildman–Crippen MR) is 28.1 cm³/mol. The Morgan fingerprint density at radius 3 is 2.40 bits per heavy atom. The quantitative estimate of drug-likeness (QED) is 0.418. The van der Waals surface area contributed by atoms with Crippen molar-refractivity contribution in [2.75, 3.05) is 0 Å². The number of allylic oxidation sites excluding steroid dienone is 1. The van der Waals surface area contributed by atoms with Crippen molar-refractivity contribution in [3.63, 3.8) is 0 Å². The first-order chi connectivity index (χ1) is 2.41. The summed E-state index contributed by atoms with van der Waals surface area (Å²) in [6.45, 7) is 0. The molecule has 0 aliphatic rings. The van der Waals surface area contributed by atoms with Crippen molar-refractivity contribution in [1.82, 2.24) is 0 Å². The Morgan fingerprint density at radius 1 is 1.80 bits per heavy atom. The van der Waals surface area contributed by atoms with Crippen LogP contribution in [0.1, 0.15) is 0 Å². The molecule has 0 unspecified atom stereocenters. The number of nitrogens with two attached hydrogens (primary N) is 1. The molecule has 0 bridgehead atoms. The van der Waals surface area contributed by atoms with E-state index in [-0.39, 0.29) is 0 Å². The molecule has 1 nitrogen and oxygen atoms in total. The van der Waals surface area contributed by atoms with E-state index in [9.17, 15) is 0 Å². The van der Waals surface area contributed by atoms with E-state index in [1.165, 1.54) is 16.3 Å². The van der Waals surface area contributed by atoms with Gasteiger partial charge in [-0.25, -0.2) is 0 Å². The molecule has 0 aliphatic heterocycles. The third-order valence-electron chi connectivity index (χ3n) is 0.372. The average molecular weight is 87.2 g/mol. The van der Waals surface area contributed by atoms with Gasteiger partial charge in [0, 0.05) is 10.2 Å². The van der Waals surface area contributed by atoms with Gasteiger partial charge in [0.1, 0.15) is 0 Å². The molecule has 0 heterocycles. The fourth-order valence-corrected chi connectivity index (χ4v) is 0.408. The fraction of sp³-hybridized carbons (Fsp3) is 0.333. The van der Waals surface area contributed by atoms with Gasteiger partial charge in [-0.2, -0.15) is 0 Å². The van der Waals surface area contributed by atoms with E-state index in [4.69, 9.17) is 5.73 Å². The molecule has 0 spiro atoms. The topological polar surface area (TPSA) is 26.0 Å². The lowest BCUT2D eigenvalue weighted by Gasteiger charge is -1.66. The van der Waals surface area contributed by atoms with Crippen LogP contribution in [0.2, 0.25) is 6.04 Å². The second kappa shape index (κ2) is 3.76. The Balaban J connectivity index is 2.62. The summed E-state index contributed by atoms with van der Waals surface area (Å²) in [6, 6.07) is 1.18. The van der Waals surface area contributed by atoms with Gasteiger partial charge in [-0.3, -0.25) is 0 Å². The first-order valence-electron chi connectivity index (χ1n) is 1.78.